The minimum absolute atomic E-state index is 0.170. The Morgan fingerprint density at radius 2 is 2.58 bits per heavy atom. The molecule has 0 aromatic heterocycles. The minimum atomic E-state index is -0.331. The Bertz CT molecular complexity index is 218. The highest BCUT2D eigenvalue weighted by molar-refractivity contribution is 5.82. The van der Waals surface area contributed by atoms with E-state index in [4.69, 9.17) is 4.74 Å². The Hall–Kier alpha value is -1.09. The lowest BCUT2D eigenvalue weighted by Crippen LogP contribution is -2.02. The van der Waals surface area contributed by atoms with Gasteiger partial charge in [0.25, 0.3) is 0 Å². The van der Waals surface area contributed by atoms with Gasteiger partial charge in [0.1, 0.15) is 0 Å². The van der Waals surface area contributed by atoms with Crippen LogP contribution in [0.15, 0.2) is 24.3 Å². The van der Waals surface area contributed by atoms with E-state index in [0.29, 0.717) is 13.2 Å². The second-order valence-electron chi connectivity index (χ2n) is 2.60. The lowest BCUT2D eigenvalue weighted by molar-refractivity contribution is -0.134. The van der Waals surface area contributed by atoms with Crippen molar-refractivity contribution in [2.45, 2.75) is 0 Å². The molecule has 0 amide bonds. The average molecular weight is 168 g/mol. The van der Waals surface area contributed by atoms with Crippen LogP contribution in [0, 0.1) is 5.92 Å². The predicted octanol–water partition coefficient (Wildman–Crippen LogP) is 0.918. The Labute approximate surface area is 71.7 Å². The SMILES string of the molecule is C=C[C@H]1COC/C1=C\C(=O)OC. The molecule has 1 aliphatic rings. The van der Waals surface area contributed by atoms with Crippen molar-refractivity contribution in [2.24, 2.45) is 5.92 Å². The number of carbonyl (C=O) groups excluding carboxylic acids is 1. The maximum absolute atomic E-state index is 10.8. The highest BCUT2D eigenvalue weighted by atomic mass is 16.5. The Balaban J connectivity index is 2.66. The molecular formula is C9H12O3. The fourth-order valence-electron chi connectivity index (χ4n) is 1.10. The van der Waals surface area contributed by atoms with E-state index in [9.17, 15) is 4.79 Å². The second-order valence-corrected chi connectivity index (χ2v) is 2.60. The summed E-state index contributed by atoms with van der Waals surface area (Å²) in [6, 6.07) is 0. The molecule has 0 saturated carbocycles. The summed E-state index contributed by atoms with van der Waals surface area (Å²) in [5, 5.41) is 0. The minimum Gasteiger partial charge on any atom is -0.466 e. The maximum atomic E-state index is 10.8. The van der Waals surface area contributed by atoms with Crippen LogP contribution in [0.25, 0.3) is 0 Å². The molecule has 3 nitrogen and oxygen atoms in total. The summed E-state index contributed by atoms with van der Waals surface area (Å²) in [5.41, 5.74) is 0.942. The molecule has 0 bridgehead atoms. The van der Waals surface area contributed by atoms with E-state index in [1.54, 1.807) is 6.08 Å². The van der Waals surface area contributed by atoms with Gasteiger partial charge < -0.3 is 9.47 Å². The van der Waals surface area contributed by atoms with Crippen molar-refractivity contribution in [3.63, 3.8) is 0 Å². The van der Waals surface area contributed by atoms with Crippen LogP contribution in [-0.2, 0) is 14.3 Å². The van der Waals surface area contributed by atoms with Crippen LogP contribution in [0.5, 0.6) is 0 Å². The van der Waals surface area contributed by atoms with Crippen LogP contribution in [0.3, 0.4) is 0 Å². The summed E-state index contributed by atoms with van der Waals surface area (Å²) in [5.74, 6) is -0.161. The maximum Gasteiger partial charge on any atom is 0.330 e. The summed E-state index contributed by atoms with van der Waals surface area (Å²) < 4.78 is 9.66. The smallest absolute Gasteiger partial charge is 0.330 e. The Morgan fingerprint density at radius 3 is 3.17 bits per heavy atom. The molecule has 0 unspecified atom stereocenters. The number of hydrogen-bond donors (Lipinski definition) is 0. The normalized spacial score (nSPS) is 25.8. The fourth-order valence-corrected chi connectivity index (χ4v) is 1.10. The van der Waals surface area contributed by atoms with Gasteiger partial charge in [-0.25, -0.2) is 4.79 Å². The Morgan fingerprint density at radius 1 is 1.83 bits per heavy atom. The van der Waals surface area contributed by atoms with E-state index in [-0.39, 0.29) is 11.9 Å². The van der Waals surface area contributed by atoms with Gasteiger partial charge in [0, 0.05) is 12.0 Å². The van der Waals surface area contributed by atoms with Gasteiger partial charge >= 0.3 is 5.97 Å². The van der Waals surface area contributed by atoms with E-state index in [0.717, 1.165) is 5.57 Å². The van der Waals surface area contributed by atoms with Gasteiger partial charge in [-0.15, -0.1) is 6.58 Å². The molecule has 1 fully saturated rings. The predicted molar refractivity (Wildman–Crippen MR) is 44.6 cm³/mol. The van der Waals surface area contributed by atoms with Gasteiger partial charge in [-0.1, -0.05) is 6.08 Å². The summed E-state index contributed by atoms with van der Waals surface area (Å²) in [6.45, 7) is 4.78. The van der Waals surface area contributed by atoms with Crippen LogP contribution in [0.2, 0.25) is 0 Å². The third kappa shape index (κ3) is 1.95. The Kier molecular flexibility index (Phi) is 3.05. The van der Waals surface area contributed by atoms with E-state index in [1.165, 1.54) is 13.2 Å². The van der Waals surface area contributed by atoms with Crippen molar-refractivity contribution >= 4 is 5.97 Å². The van der Waals surface area contributed by atoms with Crippen molar-refractivity contribution < 1.29 is 14.3 Å². The molecule has 0 aromatic rings. The molecule has 0 aliphatic carbocycles. The first-order valence-corrected chi connectivity index (χ1v) is 3.76. The van der Waals surface area contributed by atoms with Crippen molar-refractivity contribution in [1.29, 1.82) is 0 Å². The molecule has 0 radical (unpaired) electrons. The van der Waals surface area contributed by atoms with E-state index in [2.05, 4.69) is 11.3 Å². The zero-order valence-corrected chi connectivity index (χ0v) is 7.08. The number of carbonyl (C=O) groups is 1. The van der Waals surface area contributed by atoms with Crippen LogP contribution >= 0.6 is 0 Å². The first-order valence-electron chi connectivity index (χ1n) is 3.76. The molecule has 1 aliphatic heterocycles. The largest absolute Gasteiger partial charge is 0.466 e. The first-order chi connectivity index (χ1) is 5.77. The molecule has 1 heterocycles. The van der Waals surface area contributed by atoms with Gasteiger partial charge in [-0.2, -0.15) is 0 Å². The molecule has 0 spiro atoms. The number of hydrogen-bond acceptors (Lipinski definition) is 3. The highest BCUT2D eigenvalue weighted by Gasteiger charge is 2.19. The summed E-state index contributed by atoms with van der Waals surface area (Å²) in [7, 11) is 1.36. The van der Waals surface area contributed by atoms with Crippen LogP contribution in [0.4, 0.5) is 0 Å². The lowest BCUT2D eigenvalue weighted by Gasteiger charge is -2.01. The standard InChI is InChI=1S/C9H12O3/c1-3-7-5-12-6-8(7)4-9(10)11-2/h3-4,7H,1,5-6H2,2H3/b8-4+/t7-/m0/s1. The van der Waals surface area contributed by atoms with Gasteiger partial charge in [0.15, 0.2) is 0 Å². The van der Waals surface area contributed by atoms with Crippen LogP contribution < -0.4 is 0 Å². The van der Waals surface area contributed by atoms with Crippen LogP contribution in [0.1, 0.15) is 0 Å². The van der Waals surface area contributed by atoms with Crippen molar-refractivity contribution in [3.05, 3.63) is 24.3 Å². The fraction of sp³-hybridized carbons (Fsp3) is 0.444. The third-order valence-electron chi connectivity index (χ3n) is 1.83. The topological polar surface area (TPSA) is 35.5 Å². The van der Waals surface area contributed by atoms with Gasteiger partial charge in [-0.3, -0.25) is 0 Å². The molecule has 12 heavy (non-hydrogen) atoms. The molecule has 66 valence electrons. The molecule has 1 rings (SSSR count). The first kappa shape index (κ1) is 9.00. The second kappa shape index (κ2) is 4.07. The summed E-state index contributed by atoms with van der Waals surface area (Å²) in [4.78, 5) is 10.8. The number of esters is 1. The molecular weight excluding hydrogens is 156 g/mol. The van der Waals surface area contributed by atoms with E-state index >= 15 is 0 Å². The van der Waals surface area contributed by atoms with Crippen molar-refractivity contribution in [3.8, 4) is 0 Å². The van der Waals surface area contributed by atoms with Crippen molar-refractivity contribution in [2.75, 3.05) is 20.3 Å². The molecule has 1 saturated heterocycles. The zero-order valence-electron chi connectivity index (χ0n) is 7.08. The van der Waals surface area contributed by atoms with Gasteiger partial charge in [0.05, 0.1) is 20.3 Å². The summed E-state index contributed by atoms with van der Waals surface area (Å²) in [6.07, 6.45) is 3.25. The number of ether oxygens (including phenoxy) is 2. The quantitative estimate of drug-likeness (QED) is 0.349. The summed E-state index contributed by atoms with van der Waals surface area (Å²) >= 11 is 0. The van der Waals surface area contributed by atoms with Crippen LogP contribution in [-0.4, -0.2) is 26.3 Å². The highest BCUT2D eigenvalue weighted by Crippen LogP contribution is 2.20. The lowest BCUT2D eigenvalue weighted by atomic mass is 10.0. The number of rotatable bonds is 2. The van der Waals surface area contributed by atoms with Crippen molar-refractivity contribution in [1.82, 2.24) is 0 Å². The van der Waals surface area contributed by atoms with Gasteiger partial charge in [-0.05, 0) is 5.57 Å². The molecule has 0 aromatic carbocycles. The molecule has 1 atom stereocenters. The number of methoxy groups -OCH3 is 1. The van der Waals surface area contributed by atoms with Gasteiger partial charge in [0.2, 0.25) is 0 Å². The van der Waals surface area contributed by atoms with E-state index < -0.39 is 0 Å². The molecule has 3 heteroatoms. The molecule has 0 N–H and O–H groups in total. The monoisotopic (exact) mass is 168 g/mol. The third-order valence-corrected chi connectivity index (χ3v) is 1.83. The van der Waals surface area contributed by atoms with E-state index in [1.807, 2.05) is 0 Å². The zero-order chi connectivity index (χ0) is 8.97. The average Bonchev–Trinajstić information content (AvgIpc) is 2.51.